The molecule has 0 bridgehead atoms. The van der Waals surface area contributed by atoms with Crippen LogP contribution in [0.4, 0.5) is 5.88 Å². The molecule has 1 unspecified atom stereocenters. The van der Waals surface area contributed by atoms with Crippen molar-refractivity contribution >= 4 is 35.4 Å². The number of aromatic nitrogens is 2. The summed E-state index contributed by atoms with van der Waals surface area (Å²) in [6.07, 6.45) is 0.469. The van der Waals surface area contributed by atoms with E-state index in [1.54, 1.807) is 13.8 Å². The van der Waals surface area contributed by atoms with Crippen molar-refractivity contribution in [2.45, 2.75) is 44.4 Å². The topological polar surface area (TPSA) is 137 Å². The second kappa shape index (κ2) is 11.0. The van der Waals surface area contributed by atoms with Crippen LogP contribution in [-0.2, 0) is 9.53 Å². The minimum atomic E-state index is -0.908. The predicted molar refractivity (Wildman–Crippen MR) is 129 cm³/mol. The molecule has 0 aliphatic carbocycles. The number of carbonyl (C=O) groups excluding carboxylic acids is 3. The second-order valence-corrected chi connectivity index (χ2v) is 8.55. The number of furan rings is 1. The van der Waals surface area contributed by atoms with Crippen molar-refractivity contribution < 1.29 is 23.5 Å². The lowest BCUT2D eigenvalue weighted by molar-refractivity contribution is -0.115. The molecule has 9 nitrogen and oxygen atoms in total. The molecular formula is C24H26N4O5S. The van der Waals surface area contributed by atoms with Crippen molar-refractivity contribution in [2.75, 3.05) is 11.9 Å². The highest BCUT2D eigenvalue weighted by atomic mass is 32.2. The standard InChI is InChI=1S/C24H26N4O5S/c1-5-17(34-18-12-16(26-14(4)27-18)15-10-8-7-9-11-15)22(30)28-23-20(21(25)29)19(13(3)33-23)24(31)32-6-2/h7-12,17H,5-6H2,1-4H3,(H2,25,29)(H,28,30). The van der Waals surface area contributed by atoms with Gasteiger partial charge in [0.1, 0.15) is 27.7 Å². The number of carbonyl (C=O) groups is 3. The molecule has 2 aromatic heterocycles. The molecule has 178 valence electrons. The molecule has 3 aromatic rings. The summed E-state index contributed by atoms with van der Waals surface area (Å²) in [5.41, 5.74) is 6.86. The molecule has 0 radical (unpaired) electrons. The molecule has 34 heavy (non-hydrogen) atoms. The van der Waals surface area contributed by atoms with Gasteiger partial charge in [-0.25, -0.2) is 14.8 Å². The van der Waals surface area contributed by atoms with Gasteiger partial charge >= 0.3 is 5.97 Å². The lowest BCUT2D eigenvalue weighted by Gasteiger charge is -2.14. The number of primary amides is 1. The molecule has 0 spiro atoms. The Morgan fingerprint density at radius 1 is 1.12 bits per heavy atom. The third kappa shape index (κ3) is 5.63. The molecule has 1 atom stereocenters. The molecular weight excluding hydrogens is 456 g/mol. The predicted octanol–water partition coefficient (Wildman–Crippen LogP) is 4.14. The van der Waals surface area contributed by atoms with Crippen LogP contribution in [0, 0.1) is 13.8 Å². The van der Waals surface area contributed by atoms with Crippen LogP contribution < -0.4 is 11.1 Å². The van der Waals surface area contributed by atoms with Gasteiger partial charge in [-0.3, -0.25) is 14.9 Å². The number of aryl methyl sites for hydroxylation is 2. The van der Waals surface area contributed by atoms with E-state index < -0.39 is 23.0 Å². The molecule has 2 amide bonds. The van der Waals surface area contributed by atoms with Gasteiger partial charge in [-0.05, 0) is 33.3 Å². The third-order valence-electron chi connectivity index (χ3n) is 4.86. The van der Waals surface area contributed by atoms with Crippen LogP contribution in [0.1, 0.15) is 52.6 Å². The van der Waals surface area contributed by atoms with Crippen LogP contribution in [0.15, 0.2) is 45.8 Å². The summed E-state index contributed by atoms with van der Waals surface area (Å²) in [4.78, 5) is 46.4. The number of nitrogens with two attached hydrogens (primary N) is 1. The Bertz CT molecular complexity index is 1210. The van der Waals surface area contributed by atoms with E-state index >= 15 is 0 Å². The van der Waals surface area contributed by atoms with Crippen molar-refractivity contribution in [1.29, 1.82) is 0 Å². The first-order valence-electron chi connectivity index (χ1n) is 10.7. The second-order valence-electron chi connectivity index (χ2n) is 7.33. The number of hydrogen-bond acceptors (Lipinski definition) is 8. The number of amides is 2. The number of nitrogens with zero attached hydrogens (tertiary/aromatic N) is 2. The Morgan fingerprint density at radius 2 is 1.82 bits per heavy atom. The van der Waals surface area contributed by atoms with Crippen molar-refractivity contribution in [2.24, 2.45) is 5.73 Å². The van der Waals surface area contributed by atoms with Gasteiger partial charge in [0.25, 0.3) is 5.91 Å². The zero-order chi connectivity index (χ0) is 24.8. The normalized spacial score (nSPS) is 11.6. The highest BCUT2D eigenvalue weighted by Gasteiger charge is 2.30. The van der Waals surface area contributed by atoms with E-state index in [1.807, 2.05) is 43.3 Å². The maximum atomic E-state index is 13.1. The smallest absolute Gasteiger partial charge is 0.342 e. The van der Waals surface area contributed by atoms with Crippen LogP contribution in [0.25, 0.3) is 11.3 Å². The molecule has 0 saturated carbocycles. The Hall–Kier alpha value is -3.66. The number of nitrogens with one attached hydrogen (secondary N) is 1. The van der Waals surface area contributed by atoms with E-state index in [2.05, 4.69) is 15.3 Å². The number of thioether (sulfide) groups is 1. The Balaban J connectivity index is 1.85. The number of rotatable bonds is 9. The van der Waals surface area contributed by atoms with Crippen molar-refractivity contribution in [1.82, 2.24) is 9.97 Å². The zero-order valence-electron chi connectivity index (χ0n) is 19.4. The number of hydrogen-bond donors (Lipinski definition) is 2. The molecule has 10 heteroatoms. The molecule has 3 rings (SSSR count). The number of anilines is 1. The van der Waals surface area contributed by atoms with Crippen LogP contribution in [0.3, 0.4) is 0 Å². The molecule has 3 N–H and O–H groups in total. The summed E-state index contributed by atoms with van der Waals surface area (Å²) in [5, 5.41) is 2.67. The fourth-order valence-electron chi connectivity index (χ4n) is 3.33. The van der Waals surface area contributed by atoms with Gasteiger partial charge in [-0.1, -0.05) is 49.0 Å². The molecule has 2 heterocycles. The minimum Gasteiger partial charge on any atom is -0.462 e. The SMILES string of the molecule is CCOC(=O)c1c(C)oc(NC(=O)C(CC)Sc2cc(-c3ccccc3)nc(C)n2)c1C(N)=O. The summed E-state index contributed by atoms with van der Waals surface area (Å²) in [6.45, 7) is 6.90. The minimum absolute atomic E-state index is 0.0933. The van der Waals surface area contributed by atoms with Gasteiger partial charge in [0.05, 0.1) is 17.6 Å². The first-order chi connectivity index (χ1) is 16.2. The van der Waals surface area contributed by atoms with Gasteiger partial charge < -0.3 is 14.9 Å². The van der Waals surface area contributed by atoms with Crippen LogP contribution in [0.5, 0.6) is 0 Å². The molecule has 0 saturated heterocycles. The lowest BCUT2D eigenvalue weighted by Crippen LogP contribution is -2.26. The largest absolute Gasteiger partial charge is 0.462 e. The first kappa shape index (κ1) is 25.0. The number of benzene rings is 1. The summed E-state index contributed by atoms with van der Waals surface area (Å²) in [5.74, 6) is -1.55. The van der Waals surface area contributed by atoms with Gasteiger partial charge in [-0.15, -0.1) is 0 Å². The molecule has 0 fully saturated rings. The highest BCUT2D eigenvalue weighted by molar-refractivity contribution is 8.00. The fraction of sp³-hybridized carbons (Fsp3) is 0.292. The van der Waals surface area contributed by atoms with Gasteiger partial charge in [0, 0.05) is 5.56 Å². The van der Waals surface area contributed by atoms with E-state index in [9.17, 15) is 14.4 Å². The monoisotopic (exact) mass is 482 g/mol. The van der Waals surface area contributed by atoms with Gasteiger partial charge in [0.15, 0.2) is 0 Å². The van der Waals surface area contributed by atoms with Crippen molar-refractivity contribution in [3.63, 3.8) is 0 Å². The van der Waals surface area contributed by atoms with E-state index in [1.165, 1.54) is 18.7 Å². The maximum Gasteiger partial charge on any atom is 0.342 e. The quantitative estimate of drug-likeness (QED) is 0.264. The molecule has 0 aliphatic heterocycles. The van der Waals surface area contributed by atoms with E-state index in [0.29, 0.717) is 17.3 Å². The van der Waals surface area contributed by atoms with E-state index in [4.69, 9.17) is 14.9 Å². The summed E-state index contributed by atoms with van der Waals surface area (Å²) >= 11 is 1.27. The Morgan fingerprint density at radius 3 is 2.44 bits per heavy atom. The van der Waals surface area contributed by atoms with Crippen molar-refractivity contribution in [3.8, 4) is 11.3 Å². The molecule has 0 aliphatic rings. The van der Waals surface area contributed by atoms with Crippen LogP contribution in [-0.4, -0.2) is 39.6 Å². The summed E-state index contributed by atoms with van der Waals surface area (Å²) < 4.78 is 10.5. The Labute approximate surface area is 201 Å². The van der Waals surface area contributed by atoms with Gasteiger partial charge in [-0.2, -0.15) is 0 Å². The van der Waals surface area contributed by atoms with Crippen molar-refractivity contribution in [3.05, 3.63) is 59.1 Å². The van der Waals surface area contributed by atoms with E-state index in [-0.39, 0.29) is 29.4 Å². The summed E-state index contributed by atoms with van der Waals surface area (Å²) in [6, 6.07) is 11.5. The number of esters is 1. The molecule has 1 aromatic carbocycles. The highest BCUT2D eigenvalue weighted by Crippen LogP contribution is 2.31. The Kier molecular flexibility index (Phi) is 8.06. The van der Waals surface area contributed by atoms with E-state index in [0.717, 1.165) is 11.3 Å². The van der Waals surface area contributed by atoms with Gasteiger partial charge in [0.2, 0.25) is 11.8 Å². The van der Waals surface area contributed by atoms with Crippen LogP contribution in [0.2, 0.25) is 0 Å². The number of ether oxygens (including phenoxy) is 1. The van der Waals surface area contributed by atoms with Crippen LogP contribution >= 0.6 is 11.8 Å². The average molecular weight is 483 g/mol. The maximum absolute atomic E-state index is 13.1. The fourth-order valence-corrected chi connectivity index (χ4v) is 4.32. The zero-order valence-corrected chi connectivity index (χ0v) is 20.2. The first-order valence-corrected chi connectivity index (χ1v) is 11.6. The average Bonchev–Trinajstić information content (AvgIpc) is 3.13. The summed E-state index contributed by atoms with van der Waals surface area (Å²) in [7, 11) is 0. The third-order valence-corrected chi connectivity index (χ3v) is 6.14. The lowest BCUT2D eigenvalue weighted by atomic mass is 10.1.